The molecule has 2 fully saturated rings. The van der Waals surface area contributed by atoms with Crippen molar-refractivity contribution in [3.8, 4) is 0 Å². The minimum atomic E-state index is -0.440. The molecule has 1 saturated heterocycles. The van der Waals surface area contributed by atoms with Crippen LogP contribution >= 0.6 is 0 Å². The van der Waals surface area contributed by atoms with Crippen molar-refractivity contribution in [2.75, 3.05) is 39.8 Å². The van der Waals surface area contributed by atoms with E-state index in [9.17, 15) is 9.59 Å². The van der Waals surface area contributed by atoms with Crippen molar-refractivity contribution in [1.29, 1.82) is 0 Å². The number of esters is 1. The van der Waals surface area contributed by atoms with Crippen molar-refractivity contribution in [1.82, 2.24) is 9.80 Å². The molecule has 0 aromatic heterocycles. The predicted octanol–water partition coefficient (Wildman–Crippen LogP) is 3.52. The van der Waals surface area contributed by atoms with E-state index in [1.807, 2.05) is 49.9 Å². The molecule has 6 heteroatoms. The molecule has 28 heavy (non-hydrogen) atoms. The lowest BCUT2D eigenvalue weighted by Crippen LogP contribution is -2.51. The van der Waals surface area contributed by atoms with Crippen LogP contribution in [0.3, 0.4) is 0 Å². The van der Waals surface area contributed by atoms with Crippen LogP contribution in [0.5, 0.6) is 0 Å². The average Bonchev–Trinajstić information content (AvgIpc) is 2.63. The van der Waals surface area contributed by atoms with E-state index >= 15 is 0 Å². The van der Waals surface area contributed by atoms with Crippen LogP contribution in [-0.4, -0.2) is 67.3 Å². The van der Waals surface area contributed by atoms with Crippen molar-refractivity contribution in [3.63, 3.8) is 0 Å². The topological polar surface area (TPSA) is 59.1 Å². The number of hydrogen-bond donors (Lipinski definition) is 0. The molecule has 1 aliphatic carbocycles. The van der Waals surface area contributed by atoms with Gasteiger partial charge < -0.3 is 14.4 Å². The fourth-order valence-corrected chi connectivity index (χ4v) is 3.97. The van der Waals surface area contributed by atoms with Crippen LogP contribution in [0.1, 0.15) is 55.5 Å². The second-order valence-electron chi connectivity index (χ2n) is 8.92. The molecule has 0 bridgehead atoms. The Labute approximate surface area is 167 Å². The average molecular weight is 389 g/mol. The Morgan fingerprint density at radius 1 is 1.04 bits per heavy atom. The Balaban J connectivity index is 1.39. The van der Waals surface area contributed by atoms with Gasteiger partial charge in [0.1, 0.15) is 5.60 Å². The molecular formula is C22H32N2O4. The number of rotatable bonds is 4. The first kappa shape index (κ1) is 20.6. The molecule has 1 amide bonds. The van der Waals surface area contributed by atoms with E-state index in [0.717, 1.165) is 32.7 Å². The van der Waals surface area contributed by atoms with Gasteiger partial charge in [0.2, 0.25) is 0 Å². The molecule has 0 N–H and O–H groups in total. The fraction of sp³-hybridized carbons (Fsp3) is 0.636. The zero-order valence-corrected chi connectivity index (χ0v) is 17.4. The van der Waals surface area contributed by atoms with E-state index in [2.05, 4.69) is 4.90 Å². The van der Waals surface area contributed by atoms with E-state index in [1.165, 1.54) is 25.5 Å². The summed E-state index contributed by atoms with van der Waals surface area (Å²) in [6.45, 7) is 10.1. The van der Waals surface area contributed by atoms with Crippen LogP contribution in [0.25, 0.3) is 0 Å². The van der Waals surface area contributed by atoms with Gasteiger partial charge in [0.05, 0.1) is 12.7 Å². The minimum absolute atomic E-state index is 0.203. The third kappa shape index (κ3) is 5.25. The van der Waals surface area contributed by atoms with Gasteiger partial charge in [0.25, 0.3) is 0 Å². The number of methoxy groups -OCH3 is 1. The smallest absolute Gasteiger partial charge is 0.410 e. The number of benzene rings is 1. The van der Waals surface area contributed by atoms with Gasteiger partial charge in [-0.2, -0.15) is 0 Å². The first-order chi connectivity index (χ1) is 13.2. The molecule has 1 aromatic carbocycles. The molecule has 1 saturated carbocycles. The number of ether oxygens (including phenoxy) is 2. The lowest BCUT2D eigenvalue weighted by atomic mass is 9.71. The summed E-state index contributed by atoms with van der Waals surface area (Å²) in [6, 6.07) is 7.80. The van der Waals surface area contributed by atoms with Crippen LogP contribution in [0.4, 0.5) is 4.79 Å². The van der Waals surface area contributed by atoms with E-state index in [1.54, 1.807) is 0 Å². The van der Waals surface area contributed by atoms with Crippen LogP contribution in [0, 0.1) is 5.92 Å². The molecule has 2 aliphatic rings. The van der Waals surface area contributed by atoms with E-state index in [4.69, 9.17) is 9.47 Å². The molecule has 3 rings (SSSR count). The summed E-state index contributed by atoms with van der Waals surface area (Å²) in [7, 11) is 1.40. The Hall–Kier alpha value is -2.08. The third-order valence-corrected chi connectivity index (χ3v) is 5.58. The maximum absolute atomic E-state index is 12.2. The van der Waals surface area contributed by atoms with E-state index in [-0.39, 0.29) is 12.1 Å². The Morgan fingerprint density at radius 3 is 2.18 bits per heavy atom. The van der Waals surface area contributed by atoms with Crippen molar-refractivity contribution < 1.29 is 19.1 Å². The largest absolute Gasteiger partial charge is 0.465 e. The second kappa shape index (κ2) is 8.52. The van der Waals surface area contributed by atoms with Crippen LogP contribution in [0.2, 0.25) is 0 Å². The van der Waals surface area contributed by atoms with Crippen molar-refractivity contribution >= 4 is 12.1 Å². The van der Waals surface area contributed by atoms with Gasteiger partial charge >= 0.3 is 12.1 Å². The number of hydrogen-bond acceptors (Lipinski definition) is 5. The van der Waals surface area contributed by atoms with Gasteiger partial charge in [0, 0.05) is 32.7 Å². The number of piperazine rings is 1. The summed E-state index contributed by atoms with van der Waals surface area (Å²) in [5.74, 6) is 1.00. The summed E-state index contributed by atoms with van der Waals surface area (Å²) in [6.07, 6.45) is 2.17. The Bertz CT molecular complexity index is 681. The highest BCUT2D eigenvalue weighted by Crippen LogP contribution is 2.42. The predicted molar refractivity (Wildman–Crippen MR) is 107 cm³/mol. The quantitative estimate of drug-likeness (QED) is 0.739. The number of nitrogens with zero attached hydrogens (tertiary/aromatic N) is 2. The maximum atomic E-state index is 12.2. The van der Waals surface area contributed by atoms with E-state index in [0.29, 0.717) is 17.4 Å². The molecule has 154 valence electrons. The zero-order valence-electron chi connectivity index (χ0n) is 17.4. The standard InChI is InChI=1S/C22H32N2O4/c1-22(2,3)28-21(26)24-11-9-23(10-12-24)15-16-13-19(14-16)17-5-7-18(8-6-17)20(25)27-4/h5-8,16,19H,9-15H2,1-4H3. The Kier molecular flexibility index (Phi) is 6.28. The first-order valence-electron chi connectivity index (χ1n) is 10.1. The summed E-state index contributed by atoms with van der Waals surface area (Å²) in [4.78, 5) is 28.0. The summed E-state index contributed by atoms with van der Waals surface area (Å²) >= 11 is 0. The molecule has 0 unspecified atom stereocenters. The lowest BCUT2D eigenvalue weighted by molar-refractivity contribution is 0.0116. The molecule has 0 atom stereocenters. The molecule has 1 heterocycles. The monoisotopic (exact) mass is 388 g/mol. The van der Waals surface area contributed by atoms with E-state index < -0.39 is 5.60 Å². The van der Waals surface area contributed by atoms with Gasteiger partial charge in [-0.05, 0) is 63.1 Å². The minimum Gasteiger partial charge on any atom is -0.465 e. The number of carbonyl (C=O) groups is 2. The normalized spacial score (nSPS) is 23.1. The SMILES string of the molecule is COC(=O)c1ccc(C2CC(CN3CCN(C(=O)OC(C)(C)C)CC3)C2)cc1. The van der Waals surface area contributed by atoms with Crippen molar-refractivity contribution in [3.05, 3.63) is 35.4 Å². The molecule has 0 spiro atoms. The molecule has 0 radical (unpaired) electrons. The summed E-state index contributed by atoms with van der Waals surface area (Å²) in [5, 5.41) is 0. The van der Waals surface area contributed by atoms with Crippen LogP contribution in [-0.2, 0) is 9.47 Å². The van der Waals surface area contributed by atoms with Gasteiger partial charge in [0.15, 0.2) is 0 Å². The van der Waals surface area contributed by atoms with Gasteiger partial charge in [-0.25, -0.2) is 9.59 Å². The third-order valence-electron chi connectivity index (χ3n) is 5.58. The molecule has 6 nitrogen and oxygen atoms in total. The van der Waals surface area contributed by atoms with Gasteiger partial charge in [-0.15, -0.1) is 0 Å². The molecule has 1 aromatic rings. The first-order valence-corrected chi connectivity index (χ1v) is 10.1. The van der Waals surface area contributed by atoms with Crippen molar-refractivity contribution in [2.24, 2.45) is 5.92 Å². The number of carbonyl (C=O) groups excluding carboxylic acids is 2. The second-order valence-corrected chi connectivity index (χ2v) is 8.92. The molecule has 1 aliphatic heterocycles. The number of amides is 1. The maximum Gasteiger partial charge on any atom is 0.410 e. The lowest BCUT2D eigenvalue weighted by Gasteiger charge is -2.42. The van der Waals surface area contributed by atoms with Crippen LogP contribution < -0.4 is 0 Å². The summed E-state index contributed by atoms with van der Waals surface area (Å²) < 4.78 is 10.2. The van der Waals surface area contributed by atoms with Gasteiger partial charge in [-0.1, -0.05) is 12.1 Å². The Morgan fingerprint density at radius 2 is 1.64 bits per heavy atom. The van der Waals surface area contributed by atoms with Crippen LogP contribution in [0.15, 0.2) is 24.3 Å². The van der Waals surface area contributed by atoms with Crippen molar-refractivity contribution in [2.45, 2.75) is 45.1 Å². The summed E-state index contributed by atoms with van der Waals surface area (Å²) in [5.41, 5.74) is 1.47. The highest BCUT2D eigenvalue weighted by Gasteiger charge is 2.33. The highest BCUT2D eigenvalue weighted by molar-refractivity contribution is 5.89. The fourth-order valence-electron chi connectivity index (χ4n) is 3.97. The zero-order chi connectivity index (χ0) is 20.3. The molecular weight excluding hydrogens is 356 g/mol. The highest BCUT2D eigenvalue weighted by atomic mass is 16.6. The van der Waals surface area contributed by atoms with Gasteiger partial charge in [-0.3, -0.25) is 4.90 Å².